The van der Waals surface area contributed by atoms with Crippen LogP contribution in [0.15, 0.2) is 40.5 Å². The lowest BCUT2D eigenvalue weighted by atomic mass is 9.85. The summed E-state index contributed by atoms with van der Waals surface area (Å²) < 4.78 is 0. The van der Waals surface area contributed by atoms with Gasteiger partial charge in [0.2, 0.25) is 0 Å². The zero-order valence-electron chi connectivity index (χ0n) is 14.5. The maximum absolute atomic E-state index is 6.22. The number of nitrogens with zero attached hydrogens (tertiary/aromatic N) is 5. The molecule has 3 aromatic heterocycles. The predicted octanol–water partition coefficient (Wildman–Crippen LogP) is 2.60. The van der Waals surface area contributed by atoms with Gasteiger partial charge >= 0.3 is 0 Å². The molecule has 2 aliphatic rings. The van der Waals surface area contributed by atoms with Crippen LogP contribution in [0, 0.1) is 5.92 Å². The number of aromatic nitrogens is 4. The monoisotopic (exact) mass is 399 g/mol. The molecule has 9 heteroatoms. The Bertz CT molecular complexity index is 1010. The molecule has 0 amide bonds. The van der Waals surface area contributed by atoms with Crippen molar-refractivity contribution in [3.63, 3.8) is 0 Å². The van der Waals surface area contributed by atoms with Gasteiger partial charge in [0.15, 0.2) is 5.65 Å². The van der Waals surface area contributed by atoms with Crippen molar-refractivity contribution in [2.45, 2.75) is 22.4 Å². The van der Waals surface area contributed by atoms with Gasteiger partial charge in [-0.2, -0.15) is 0 Å². The molecule has 7 nitrogen and oxygen atoms in total. The SMILES string of the molecule is Nc1nccc(Sc2ccc3nc(N4CCC5NCC5C4)cnc3n2)c1Cl. The Kier molecular flexibility index (Phi) is 4.26. The second-order valence-corrected chi connectivity index (χ2v) is 8.28. The number of hydrogen-bond donors (Lipinski definition) is 2. The summed E-state index contributed by atoms with van der Waals surface area (Å²) in [5, 5.41) is 4.72. The molecule has 2 atom stereocenters. The van der Waals surface area contributed by atoms with Crippen LogP contribution in [0.25, 0.3) is 11.2 Å². The number of piperidine rings is 1. The van der Waals surface area contributed by atoms with Crippen molar-refractivity contribution in [3.05, 3.63) is 35.6 Å². The maximum atomic E-state index is 6.22. The van der Waals surface area contributed by atoms with Crippen LogP contribution in [0.1, 0.15) is 6.42 Å². The highest BCUT2D eigenvalue weighted by molar-refractivity contribution is 7.99. The van der Waals surface area contributed by atoms with Crippen molar-refractivity contribution in [2.75, 3.05) is 30.3 Å². The Morgan fingerprint density at radius 3 is 2.96 bits per heavy atom. The molecular formula is C18H18ClN7S. The lowest BCUT2D eigenvalue weighted by molar-refractivity contribution is 0.198. The van der Waals surface area contributed by atoms with Crippen LogP contribution in [0.4, 0.5) is 11.6 Å². The van der Waals surface area contributed by atoms with Crippen LogP contribution in [-0.4, -0.2) is 45.6 Å². The number of rotatable bonds is 3. The molecule has 3 aromatic rings. The summed E-state index contributed by atoms with van der Waals surface area (Å²) >= 11 is 7.66. The minimum Gasteiger partial charge on any atom is -0.382 e. The highest BCUT2D eigenvalue weighted by Gasteiger charge is 2.35. The van der Waals surface area contributed by atoms with E-state index in [0.717, 1.165) is 53.2 Å². The Morgan fingerprint density at radius 2 is 2.15 bits per heavy atom. The minimum atomic E-state index is 0.317. The molecule has 0 radical (unpaired) electrons. The minimum absolute atomic E-state index is 0.317. The van der Waals surface area contributed by atoms with Crippen molar-refractivity contribution < 1.29 is 0 Å². The van der Waals surface area contributed by atoms with Crippen molar-refractivity contribution in [1.29, 1.82) is 0 Å². The van der Waals surface area contributed by atoms with Crippen LogP contribution >= 0.6 is 23.4 Å². The smallest absolute Gasteiger partial charge is 0.179 e. The van der Waals surface area contributed by atoms with E-state index < -0.39 is 0 Å². The molecule has 27 heavy (non-hydrogen) atoms. The first-order chi connectivity index (χ1) is 13.2. The average Bonchev–Trinajstić information content (AvgIpc) is 2.66. The summed E-state index contributed by atoms with van der Waals surface area (Å²) in [6.07, 6.45) is 4.62. The first-order valence-electron chi connectivity index (χ1n) is 8.87. The lowest BCUT2D eigenvalue weighted by Gasteiger charge is -2.46. The Balaban J connectivity index is 1.39. The van der Waals surface area contributed by atoms with Gasteiger partial charge in [-0.3, -0.25) is 0 Å². The molecule has 2 fully saturated rings. The summed E-state index contributed by atoms with van der Waals surface area (Å²) in [4.78, 5) is 21.1. The van der Waals surface area contributed by atoms with Gasteiger partial charge in [-0.25, -0.2) is 19.9 Å². The van der Waals surface area contributed by atoms with Crippen LogP contribution < -0.4 is 16.0 Å². The number of pyridine rings is 2. The van der Waals surface area contributed by atoms with E-state index in [2.05, 4.69) is 25.2 Å². The van der Waals surface area contributed by atoms with Gasteiger partial charge < -0.3 is 16.0 Å². The Morgan fingerprint density at radius 1 is 1.22 bits per heavy atom. The number of halogens is 1. The standard InChI is InChI=1S/C18H18ClN7S/c19-16-13(3-5-21-17(16)20)27-15-2-1-12-18(25-15)23-8-14(24-12)26-6-4-11-10(9-26)7-22-11/h1-3,5,8,10-11,22H,4,6-7,9H2,(H2,20,21). The molecular weight excluding hydrogens is 382 g/mol. The van der Waals surface area contributed by atoms with E-state index in [9.17, 15) is 0 Å². The van der Waals surface area contributed by atoms with E-state index in [1.807, 2.05) is 24.4 Å². The predicted molar refractivity (Wildman–Crippen MR) is 107 cm³/mol. The third kappa shape index (κ3) is 3.18. The largest absolute Gasteiger partial charge is 0.382 e. The van der Waals surface area contributed by atoms with Gasteiger partial charge in [0.05, 0.1) is 11.2 Å². The average molecular weight is 400 g/mol. The quantitative estimate of drug-likeness (QED) is 0.694. The lowest BCUT2D eigenvalue weighted by Crippen LogP contribution is -2.61. The van der Waals surface area contributed by atoms with Gasteiger partial charge in [0.1, 0.15) is 22.2 Å². The zero-order valence-corrected chi connectivity index (χ0v) is 16.0. The normalized spacial score (nSPS) is 21.7. The fraction of sp³-hybridized carbons (Fsp3) is 0.333. The summed E-state index contributed by atoms with van der Waals surface area (Å²) in [6.45, 7) is 3.16. The van der Waals surface area contributed by atoms with Gasteiger partial charge in [0.25, 0.3) is 0 Å². The molecule has 0 saturated carbocycles. The summed E-state index contributed by atoms with van der Waals surface area (Å²) in [6, 6.07) is 6.39. The van der Waals surface area contributed by atoms with Crippen LogP contribution in [0.3, 0.4) is 0 Å². The highest BCUT2D eigenvalue weighted by atomic mass is 35.5. The number of hydrogen-bond acceptors (Lipinski definition) is 8. The van der Waals surface area contributed by atoms with Gasteiger partial charge in [-0.1, -0.05) is 23.4 Å². The van der Waals surface area contributed by atoms with E-state index in [4.69, 9.17) is 22.3 Å². The molecule has 3 N–H and O–H groups in total. The number of nitrogen functional groups attached to an aromatic ring is 1. The number of nitrogens with one attached hydrogen (secondary N) is 1. The van der Waals surface area contributed by atoms with Gasteiger partial charge in [-0.15, -0.1) is 0 Å². The van der Waals surface area contributed by atoms with Crippen molar-refractivity contribution in [2.24, 2.45) is 5.92 Å². The highest BCUT2D eigenvalue weighted by Crippen LogP contribution is 2.35. The van der Waals surface area contributed by atoms with Crippen molar-refractivity contribution in [1.82, 2.24) is 25.3 Å². The molecule has 2 aliphatic heterocycles. The van der Waals surface area contributed by atoms with E-state index in [1.54, 1.807) is 6.20 Å². The van der Waals surface area contributed by atoms with E-state index in [-0.39, 0.29) is 0 Å². The first-order valence-corrected chi connectivity index (χ1v) is 10.1. The van der Waals surface area contributed by atoms with Crippen LogP contribution in [0.2, 0.25) is 5.02 Å². The van der Waals surface area contributed by atoms with Crippen LogP contribution in [0.5, 0.6) is 0 Å². The van der Waals surface area contributed by atoms with Crippen LogP contribution in [-0.2, 0) is 0 Å². The molecule has 0 aliphatic carbocycles. The molecule has 2 unspecified atom stereocenters. The Labute approximate surface area is 165 Å². The summed E-state index contributed by atoms with van der Waals surface area (Å²) in [7, 11) is 0. The maximum Gasteiger partial charge on any atom is 0.179 e. The molecule has 138 valence electrons. The molecule has 5 heterocycles. The van der Waals surface area contributed by atoms with E-state index in [1.165, 1.54) is 11.8 Å². The number of nitrogens with two attached hydrogens (primary N) is 1. The molecule has 5 rings (SSSR count). The topological polar surface area (TPSA) is 92.8 Å². The van der Waals surface area contributed by atoms with Gasteiger partial charge in [0, 0.05) is 42.7 Å². The number of fused-ring (bicyclic) bond motifs is 2. The molecule has 0 aromatic carbocycles. The van der Waals surface area contributed by atoms with E-state index >= 15 is 0 Å². The molecule has 2 saturated heterocycles. The molecule has 0 spiro atoms. The Hall–Kier alpha value is -2.16. The van der Waals surface area contributed by atoms with Crippen molar-refractivity contribution >= 4 is 46.2 Å². The molecule has 0 bridgehead atoms. The van der Waals surface area contributed by atoms with Crippen molar-refractivity contribution in [3.8, 4) is 0 Å². The summed E-state index contributed by atoms with van der Waals surface area (Å²) in [5.41, 5.74) is 7.19. The second-order valence-electron chi connectivity index (χ2n) is 6.84. The van der Waals surface area contributed by atoms with Gasteiger partial charge in [-0.05, 0) is 24.6 Å². The summed E-state index contributed by atoms with van der Waals surface area (Å²) in [5.74, 6) is 1.98. The number of anilines is 2. The fourth-order valence-corrected chi connectivity index (χ4v) is 4.62. The van der Waals surface area contributed by atoms with E-state index in [0.29, 0.717) is 22.5 Å². The third-order valence-electron chi connectivity index (χ3n) is 5.16. The third-order valence-corrected chi connectivity index (χ3v) is 6.67. The first kappa shape index (κ1) is 17.0. The fourth-order valence-electron chi connectivity index (χ4n) is 3.58. The second kappa shape index (κ2) is 6.78. The zero-order chi connectivity index (χ0) is 18.4.